The molecule has 2 aromatic carbocycles. The van der Waals surface area contributed by atoms with Crippen LogP contribution >= 0.6 is 23.2 Å². The van der Waals surface area contributed by atoms with E-state index in [2.05, 4.69) is 5.32 Å². The van der Waals surface area contributed by atoms with Crippen molar-refractivity contribution in [3.05, 3.63) is 81.5 Å². The number of nitrogens with one attached hydrogen (secondary N) is 1. The van der Waals surface area contributed by atoms with E-state index in [9.17, 15) is 10.1 Å². The van der Waals surface area contributed by atoms with Gasteiger partial charge in [-0.2, -0.15) is 5.26 Å². The number of anilines is 1. The quantitative estimate of drug-likeness (QED) is 0.427. The van der Waals surface area contributed by atoms with E-state index in [-0.39, 0.29) is 5.57 Å². The van der Waals surface area contributed by atoms with E-state index in [0.717, 1.165) is 11.1 Å². The first kappa shape index (κ1) is 18.8. The average Bonchev–Trinajstić information content (AvgIpc) is 3.12. The Morgan fingerprint density at radius 3 is 2.67 bits per heavy atom. The van der Waals surface area contributed by atoms with Gasteiger partial charge in [0.25, 0.3) is 5.91 Å². The summed E-state index contributed by atoms with van der Waals surface area (Å²) >= 11 is 12.0. The van der Waals surface area contributed by atoms with Gasteiger partial charge in [0, 0.05) is 27.4 Å². The minimum absolute atomic E-state index is 0.0821. The van der Waals surface area contributed by atoms with Crippen LogP contribution in [0.2, 0.25) is 10.0 Å². The van der Waals surface area contributed by atoms with E-state index in [1.165, 1.54) is 6.08 Å². The summed E-state index contributed by atoms with van der Waals surface area (Å²) in [6, 6.07) is 17.7. The van der Waals surface area contributed by atoms with Gasteiger partial charge in [-0.3, -0.25) is 4.79 Å². The smallest absolute Gasteiger partial charge is 0.266 e. The fraction of sp³-hybridized carbons (Fsp3) is 0.0476. The summed E-state index contributed by atoms with van der Waals surface area (Å²) in [5.74, 6) is 0.440. The molecule has 0 saturated heterocycles. The van der Waals surface area contributed by atoms with Crippen LogP contribution in [0.3, 0.4) is 0 Å². The molecule has 1 heterocycles. The normalized spacial score (nSPS) is 11.1. The average molecular weight is 397 g/mol. The molecule has 3 aromatic rings. The van der Waals surface area contributed by atoms with Crippen molar-refractivity contribution >= 4 is 40.9 Å². The molecule has 6 heteroatoms. The summed E-state index contributed by atoms with van der Waals surface area (Å²) in [5, 5.41) is 13.2. The maximum Gasteiger partial charge on any atom is 0.266 e. The molecule has 1 aromatic heterocycles. The summed E-state index contributed by atoms with van der Waals surface area (Å²) in [6.07, 6.45) is 1.39. The molecule has 0 aliphatic rings. The number of benzene rings is 2. The summed E-state index contributed by atoms with van der Waals surface area (Å²) in [7, 11) is 0. The van der Waals surface area contributed by atoms with E-state index < -0.39 is 5.91 Å². The molecule has 0 aliphatic carbocycles. The summed E-state index contributed by atoms with van der Waals surface area (Å²) in [6.45, 7) is 1.79. The van der Waals surface area contributed by atoms with Crippen molar-refractivity contribution in [1.29, 1.82) is 5.26 Å². The predicted octanol–water partition coefficient (Wildman–Crippen LogP) is 6.11. The van der Waals surface area contributed by atoms with Gasteiger partial charge >= 0.3 is 0 Å². The number of furan rings is 1. The minimum Gasteiger partial charge on any atom is -0.457 e. The molecule has 0 fully saturated rings. The van der Waals surface area contributed by atoms with Crippen LogP contribution in [0.15, 0.2) is 64.6 Å². The van der Waals surface area contributed by atoms with Crippen molar-refractivity contribution < 1.29 is 9.21 Å². The highest BCUT2D eigenvalue weighted by Gasteiger charge is 2.13. The Kier molecular flexibility index (Phi) is 5.66. The zero-order valence-electron chi connectivity index (χ0n) is 14.3. The van der Waals surface area contributed by atoms with Crippen LogP contribution in [0, 0.1) is 18.3 Å². The van der Waals surface area contributed by atoms with Crippen molar-refractivity contribution in [3.63, 3.8) is 0 Å². The lowest BCUT2D eigenvalue weighted by Gasteiger charge is -2.08. The van der Waals surface area contributed by atoms with Gasteiger partial charge in [0.1, 0.15) is 23.2 Å². The molecule has 0 unspecified atom stereocenters. The van der Waals surface area contributed by atoms with Crippen molar-refractivity contribution in [3.8, 4) is 17.4 Å². The number of nitrogens with zero attached hydrogens (tertiary/aromatic N) is 1. The van der Waals surface area contributed by atoms with Gasteiger partial charge in [-0.1, -0.05) is 41.4 Å². The Balaban J connectivity index is 1.83. The molecule has 1 N–H and O–H groups in total. The van der Waals surface area contributed by atoms with Gasteiger partial charge < -0.3 is 9.73 Å². The first-order chi connectivity index (χ1) is 13.0. The number of nitriles is 1. The van der Waals surface area contributed by atoms with Gasteiger partial charge in [0.15, 0.2) is 0 Å². The van der Waals surface area contributed by atoms with E-state index in [4.69, 9.17) is 27.6 Å². The molecule has 0 saturated carbocycles. The Labute approximate surface area is 166 Å². The standard InChI is InChI=1S/C21H14Cl2N2O2/c1-13-18(23)6-3-7-19(13)25-21(26)15(12-24)11-17-8-9-20(27-17)14-4-2-5-16(22)10-14/h2-11H,1H3,(H,25,26)/b15-11-. The number of carbonyl (C=O) groups excluding carboxylic acids is 1. The number of hydrogen-bond donors (Lipinski definition) is 1. The molecule has 4 nitrogen and oxygen atoms in total. The molecule has 0 bridgehead atoms. The molecule has 1 amide bonds. The Morgan fingerprint density at radius 1 is 1.15 bits per heavy atom. The van der Waals surface area contributed by atoms with E-state index >= 15 is 0 Å². The Hall–Kier alpha value is -3.00. The van der Waals surface area contributed by atoms with Crippen molar-refractivity contribution in [2.75, 3.05) is 5.32 Å². The molecule has 0 atom stereocenters. The topological polar surface area (TPSA) is 66.0 Å². The lowest BCUT2D eigenvalue weighted by molar-refractivity contribution is -0.112. The van der Waals surface area contributed by atoms with Crippen LogP contribution < -0.4 is 5.32 Å². The zero-order chi connectivity index (χ0) is 19.4. The molecular weight excluding hydrogens is 383 g/mol. The van der Waals surface area contributed by atoms with Crippen LogP contribution in [-0.2, 0) is 4.79 Å². The third-order valence-electron chi connectivity index (χ3n) is 3.90. The molecule has 3 rings (SSSR count). The fourth-order valence-electron chi connectivity index (χ4n) is 2.45. The maximum absolute atomic E-state index is 12.4. The van der Waals surface area contributed by atoms with Crippen LogP contribution in [0.5, 0.6) is 0 Å². The SMILES string of the molecule is Cc1c(Cl)cccc1NC(=O)/C(C#N)=C\c1ccc(-c2cccc(Cl)c2)o1. The second-order valence-electron chi connectivity index (χ2n) is 5.75. The second kappa shape index (κ2) is 8.13. The molecule has 27 heavy (non-hydrogen) atoms. The van der Waals surface area contributed by atoms with Crippen molar-refractivity contribution in [2.45, 2.75) is 6.92 Å². The van der Waals surface area contributed by atoms with Crippen LogP contribution in [0.25, 0.3) is 17.4 Å². The number of amides is 1. The highest BCUT2D eigenvalue weighted by atomic mass is 35.5. The van der Waals surface area contributed by atoms with E-state index in [1.54, 1.807) is 49.4 Å². The van der Waals surface area contributed by atoms with E-state index in [0.29, 0.717) is 27.3 Å². The fourth-order valence-corrected chi connectivity index (χ4v) is 2.82. The second-order valence-corrected chi connectivity index (χ2v) is 6.59. The first-order valence-corrected chi connectivity index (χ1v) is 8.77. The third-order valence-corrected chi connectivity index (χ3v) is 4.55. The zero-order valence-corrected chi connectivity index (χ0v) is 15.8. The van der Waals surface area contributed by atoms with Gasteiger partial charge in [-0.05, 0) is 48.9 Å². The number of hydrogen-bond acceptors (Lipinski definition) is 3. The minimum atomic E-state index is -0.538. The largest absolute Gasteiger partial charge is 0.457 e. The lowest BCUT2D eigenvalue weighted by Crippen LogP contribution is -2.14. The molecule has 0 aliphatic heterocycles. The number of halogens is 2. The molecule has 0 spiro atoms. The number of carbonyl (C=O) groups is 1. The predicted molar refractivity (Wildman–Crippen MR) is 108 cm³/mol. The van der Waals surface area contributed by atoms with Crippen molar-refractivity contribution in [1.82, 2.24) is 0 Å². The van der Waals surface area contributed by atoms with Gasteiger partial charge in [-0.25, -0.2) is 0 Å². The molecule has 0 radical (unpaired) electrons. The van der Waals surface area contributed by atoms with Crippen LogP contribution in [0.1, 0.15) is 11.3 Å². The number of rotatable bonds is 4. The van der Waals surface area contributed by atoms with Crippen LogP contribution in [0.4, 0.5) is 5.69 Å². The molecular formula is C21H14Cl2N2O2. The van der Waals surface area contributed by atoms with Gasteiger partial charge in [0.2, 0.25) is 0 Å². The highest BCUT2D eigenvalue weighted by Crippen LogP contribution is 2.26. The monoisotopic (exact) mass is 396 g/mol. The van der Waals surface area contributed by atoms with E-state index in [1.807, 2.05) is 18.2 Å². The summed E-state index contributed by atoms with van der Waals surface area (Å²) in [5.41, 5.74) is 2.00. The Bertz CT molecular complexity index is 1080. The summed E-state index contributed by atoms with van der Waals surface area (Å²) in [4.78, 5) is 12.4. The molecule has 134 valence electrons. The Morgan fingerprint density at radius 2 is 1.93 bits per heavy atom. The van der Waals surface area contributed by atoms with Gasteiger partial charge in [0.05, 0.1) is 0 Å². The summed E-state index contributed by atoms with van der Waals surface area (Å²) < 4.78 is 5.71. The maximum atomic E-state index is 12.4. The highest BCUT2D eigenvalue weighted by molar-refractivity contribution is 6.32. The van der Waals surface area contributed by atoms with Crippen LogP contribution in [-0.4, -0.2) is 5.91 Å². The lowest BCUT2D eigenvalue weighted by atomic mass is 10.1. The first-order valence-electron chi connectivity index (χ1n) is 8.02. The third kappa shape index (κ3) is 4.40. The van der Waals surface area contributed by atoms with Gasteiger partial charge in [-0.15, -0.1) is 0 Å². The van der Waals surface area contributed by atoms with Crippen molar-refractivity contribution in [2.24, 2.45) is 0 Å².